The highest BCUT2D eigenvalue weighted by molar-refractivity contribution is 7.16. The second-order valence-corrected chi connectivity index (χ2v) is 10.2. The Morgan fingerprint density at radius 1 is 1.24 bits per heavy atom. The molecule has 202 valence electrons. The van der Waals surface area contributed by atoms with Gasteiger partial charge in [-0.15, -0.1) is 11.3 Å². The number of aryl methyl sites for hydroxylation is 1. The Kier molecular flexibility index (Phi) is 10.5. The lowest BCUT2D eigenvalue weighted by molar-refractivity contribution is -0.116. The molecule has 0 bridgehead atoms. The standard InChI is InChI=1S/C27H37N3O6S/c1-17-7-8-23(35-6)21(11-17)18(2)12-25(31)29-26-22(13-28-3)20-9-10-30(14-24(20)37-26)27(32)36-16-19(34-5)15-33-4/h7-8,11,13,18-19H,9-10,12,14-16H2,1-6H3,(H,29,31). The van der Waals surface area contributed by atoms with E-state index in [4.69, 9.17) is 18.9 Å². The summed E-state index contributed by atoms with van der Waals surface area (Å²) in [6, 6.07) is 6.00. The smallest absolute Gasteiger partial charge is 0.410 e. The highest BCUT2D eigenvalue weighted by atomic mass is 32.1. The summed E-state index contributed by atoms with van der Waals surface area (Å²) in [6.07, 6.45) is 2.04. The molecule has 1 aromatic carbocycles. The van der Waals surface area contributed by atoms with Gasteiger partial charge in [-0.2, -0.15) is 0 Å². The first-order valence-electron chi connectivity index (χ1n) is 12.3. The number of fused-ring (bicyclic) bond motifs is 1. The van der Waals surface area contributed by atoms with Crippen LogP contribution in [0.3, 0.4) is 0 Å². The van der Waals surface area contributed by atoms with Crippen molar-refractivity contribution in [3.63, 3.8) is 0 Å². The molecule has 0 saturated carbocycles. The predicted molar refractivity (Wildman–Crippen MR) is 145 cm³/mol. The first-order valence-corrected chi connectivity index (χ1v) is 13.1. The van der Waals surface area contributed by atoms with Gasteiger partial charge in [0.15, 0.2) is 0 Å². The second-order valence-electron chi connectivity index (χ2n) is 9.09. The molecular weight excluding hydrogens is 494 g/mol. The Balaban J connectivity index is 1.69. The molecule has 0 spiro atoms. The van der Waals surface area contributed by atoms with Crippen LogP contribution in [0.1, 0.15) is 46.4 Å². The lowest BCUT2D eigenvalue weighted by Crippen LogP contribution is -2.38. The zero-order chi connectivity index (χ0) is 26.9. The van der Waals surface area contributed by atoms with E-state index in [1.54, 1.807) is 39.5 Å². The van der Waals surface area contributed by atoms with Crippen LogP contribution in [0.5, 0.6) is 5.75 Å². The number of amides is 2. The molecule has 0 radical (unpaired) electrons. The molecule has 2 amide bonds. The summed E-state index contributed by atoms with van der Waals surface area (Å²) >= 11 is 1.48. The van der Waals surface area contributed by atoms with Crippen molar-refractivity contribution in [2.24, 2.45) is 4.99 Å². The molecule has 0 fully saturated rings. The third kappa shape index (κ3) is 7.30. The number of carbonyl (C=O) groups excluding carboxylic acids is 2. The number of anilines is 1. The fourth-order valence-corrected chi connectivity index (χ4v) is 5.63. The highest BCUT2D eigenvalue weighted by Crippen LogP contribution is 2.37. The van der Waals surface area contributed by atoms with Crippen LogP contribution in [-0.2, 0) is 32.0 Å². The zero-order valence-electron chi connectivity index (χ0n) is 22.5. The summed E-state index contributed by atoms with van der Waals surface area (Å²) in [5.74, 6) is 0.676. The number of aliphatic imine (C=N–C) groups is 1. The molecule has 9 nitrogen and oxygen atoms in total. The minimum Gasteiger partial charge on any atom is -0.496 e. The van der Waals surface area contributed by atoms with Gasteiger partial charge in [0.25, 0.3) is 0 Å². The van der Waals surface area contributed by atoms with Gasteiger partial charge < -0.3 is 29.2 Å². The quantitative estimate of drug-likeness (QED) is 0.432. The third-order valence-corrected chi connectivity index (χ3v) is 7.50. The highest BCUT2D eigenvalue weighted by Gasteiger charge is 2.28. The van der Waals surface area contributed by atoms with Crippen LogP contribution in [0.2, 0.25) is 0 Å². The van der Waals surface area contributed by atoms with E-state index in [9.17, 15) is 9.59 Å². The molecule has 2 aromatic rings. The van der Waals surface area contributed by atoms with Crippen molar-refractivity contribution in [2.45, 2.75) is 45.3 Å². The molecule has 2 heterocycles. The van der Waals surface area contributed by atoms with E-state index in [1.165, 1.54) is 11.3 Å². The van der Waals surface area contributed by atoms with E-state index in [2.05, 4.69) is 16.4 Å². The molecule has 10 heteroatoms. The Morgan fingerprint density at radius 3 is 2.70 bits per heavy atom. The number of nitrogens with one attached hydrogen (secondary N) is 1. The fraction of sp³-hybridized carbons (Fsp3) is 0.519. The summed E-state index contributed by atoms with van der Waals surface area (Å²) in [4.78, 5) is 32.6. The fourth-order valence-electron chi connectivity index (χ4n) is 4.37. The van der Waals surface area contributed by atoms with Crippen LogP contribution in [0.15, 0.2) is 23.2 Å². The lowest BCUT2D eigenvalue weighted by atomic mass is 9.95. The van der Waals surface area contributed by atoms with Crippen molar-refractivity contribution in [3.05, 3.63) is 45.3 Å². The number of carbonyl (C=O) groups is 2. The molecule has 0 saturated heterocycles. The molecule has 3 rings (SSSR count). The summed E-state index contributed by atoms with van der Waals surface area (Å²) in [7, 11) is 6.48. The van der Waals surface area contributed by atoms with Gasteiger partial charge in [0.05, 0.1) is 20.3 Å². The molecule has 2 atom stereocenters. The number of nitrogens with zero attached hydrogens (tertiary/aromatic N) is 2. The minimum absolute atomic E-state index is 0.0213. The number of rotatable bonds is 11. The zero-order valence-corrected chi connectivity index (χ0v) is 23.3. The minimum atomic E-state index is -0.394. The first-order chi connectivity index (χ1) is 17.8. The van der Waals surface area contributed by atoms with Gasteiger partial charge in [-0.25, -0.2) is 4.79 Å². The maximum absolute atomic E-state index is 13.1. The Bertz CT molecular complexity index is 1120. The molecule has 0 aliphatic carbocycles. The van der Waals surface area contributed by atoms with Crippen molar-refractivity contribution < 1.29 is 28.5 Å². The summed E-state index contributed by atoms with van der Waals surface area (Å²) in [6.45, 7) is 5.45. The Morgan fingerprint density at radius 2 is 2.03 bits per heavy atom. The van der Waals surface area contributed by atoms with Gasteiger partial charge in [-0.05, 0) is 36.5 Å². The molecule has 1 aliphatic rings. The average molecular weight is 532 g/mol. The van der Waals surface area contributed by atoms with E-state index in [0.29, 0.717) is 32.5 Å². The molecule has 1 N–H and O–H groups in total. The maximum atomic E-state index is 13.1. The molecule has 1 aliphatic heterocycles. The normalized spacial score (nSPS) is 14.8. The molecule has 1 aromatic heterocycles. The number of methoxy groups -OCH3 is 3. The predicted octanol–water partition coefficient (Wildman–Crippen LogP) is 4.40. The Hall–Kier alpha value is -2.95. The van der Waals surface area contributed by atoms with E-state index >= 15 is 0 Å². The van der Waals surface area contributed by atoms with E-state index in [-0.39, 0.29) is 24.5 Å². The van der Waals surface area contributed by atoms with E-state index in [0.717, 1.165) is 37.9 Å². The molecule has 2 unspecified atom stereocenters. The van der Waals surface area contributed by atoms with Crippen LogP contribution >= 0.6 is 11.3 Å². The number of benzene rings is 1. The average Bonchev–Trinajstić information content (AvgIpc) is 3.22. The summed E-state index contributed by atoms with van der Waals surface area (Å²) in [5, 5.41) is 3.84. The van der Waals surface area contributed by atoms with Gasteiger partial charge in [0.1, 0.15) is 23.5 Å². The van der Waals surface area contributed by atoms with Crippen molar-refractivity contribution in [1.29, 1.82) is 0 Å². The van der Waals surface area contributed by atoms with Crippen LogP contribution in [0.25, 0.3) is 0 Å². The SMILES string of the molecule is CN=Cc1c(NC(=O)CC(C)c2cc(C)ccc2OC)sc2c1CCN(C(=O)OCC(COC)OC)C2. The van der Waals surface area contributed by atoms with Gasteiger partial charge in [0.2, 0.25) is 5.91 Å². The van der Waals surface area contributed by atoms with Gasteiger partial charge in [-0.1, -0.05) is 24.6 Å². The van der Waals surface area contributed by atoms with Crippen molar-refractivity contribution in [3.8, 4) is 5.75 Å². The van der Waals surface area contributed by atoms with Gasteiger partial charge >= 0.3 is 6.09 Å². The van der Waals surface area contributed by atoms with E-state index in [1.807, 2.05) is 26.0 Å². The lowest BCUT2D eigenvalue weighted by Gasteiger charge is -2.27. The van der Waals surface area contributed by atoms with Crippen molar-refractivity contribution in [1.82, 2.24) is 4.90 Å². The Labute approximate surface area is 222 Å². The third-order valence-electron chi connectivity index (χ3n) is 6.35. The second kappa shape index (κ2) is 13.6. The monoisotopic (exact) mass is 531 g/mol. The van der Waals surface area contributed by atoms with Crippen molar-refractivity contribution in [2.75, 3.05) is 53.5 Å². The number of ether oxygens (including phenoxy) is 4. The van der Waals surface area contributed by atoms with Crippen LogP contribution in [-0.4, -0.2) is 77.4 Å². The number of hydrogen-bond acceptors (Lipinski definition) is 8. The largest absolute Gasteiger partial charge is 0.496 e. The summed E-state index contributed by atoms with van der Waals surface area (Å²) in [5.41, 5.74) is 4.14. The van der Waals surface area contributed by atoms with Crippen molar-refractivity contribution >= 4 is 34.6 Å². The van der Waals surface area contributed by atoms with Crippen LogP contribution < -0.4 is 10.1 Å². The van der Waals surface area contributed by atoms with Gasteiger partial charge in [-0.3, -0.25) is 9.79 Å². The number of thiophene rings is 1. The van der Waals surface area contributed by atoms with Crippen LogP contribution in [0, 0.1) is 6.92 Å². The first kappa shape index (κ1) is 28.6. The summed E-state index contributed by atoms with van der Waals surface area (Å²) < 4.78 is 21.3. The maximum Gasteiger partial charge on any atom is 0.410 e. The molecular formula is C27H37N3O6S. The van der Waals surface area contributed by atoms with E-state index < -0.39 is 6.09 Å². The van der Waals surface area contributed by atoms with Gasteiger partial charge in [0, 0.05) is 50.9 Å². The molecule has 37 heavy (non-hydrogen) atoms. The van der Waals surface area contributed by atoms with Crippen LogP contribution in [0.4, 0.5) is 9.80 Å². The number of hydrogen-bond donors (Lipinski definition) is 1. The topological polar surface area (TPSA) is 98.7 Å².